The smallest absolute Gasteiger partial charge is 0.326 e. The van der Waals surface area contributed by atoms with E-state index in [0.29, 0.717) is 0 Å². The maximum atomic E-state index is 13.3. The number of H-pyrrole nitrogens is 1. The van der Waals surface area contributed by atoms with Gasteiger partial charge in [0.25, 0.3) is 0 Å². The number of hydrogen-bond donors (Lipinski definition) is 8. The molecule has 4 unspecified atom stereocenters. The number of aromatic nitrogens is 1. The van der Waals surface area contributed by atoms with Crippen molar-refractivity contribution in [2.75, 3.05) is 5.75 Å². The third-order valence-electron chi connectivity index (χ3n) is 6.20. The first-order chi connectivity index (χ1) is 19.1. The topological polar surface area (TPSA) is 209 Å². The molecule has 4 atom stereocenters. The standard InChI is InChI=1S/C27H32N6O6S/c28-18(11-16-13-30-19-9-5-4-8-17(16)19)24(35)31-20(10-15-6-2-1-3-7-15)25(36)33-22(14-40)26(37)32-21(27(38)39)12-23(29)34/h1-9,13,18,20-22,30,40H,10-12,14,28H2,(H2,29,34)(H,31,35)(H,32,37)(H,33,36)(H,38,39). The Morgan fingerprint density at radius 2 is 1.43 bits per heavy atom. The van der Waals surface area contributed by atoms with Gasteiger partial charge >= 0.3 is 5.97 Å². The lowest BCUT2D eigenvalue weighted by Gasteiger charge is -2.24. The third-order valence-corrected chi connectivity index (χ3v) is 6.57. The normalized spacial score (nSPS) is 13.9. The third kappa shape index (κ3) is 8.32. The zero-order chi connectivity index (χ0) is 29.2. The zero-order valence-corrected chi connectivity index (χ0v) is 22.4. The van der Waals surface area contributed by atoms with Crippen LogP contribution in [-0.4, -0.2) is 69.6 Å². The monoisotopic (exact) mass is 568 g/mol. The fourth-order valence-corrected chi connectivity index (χ4v) is 4.37. The minimum atomic E-state index is -1.58. The summed E-state index contributed by atoms with van der Waals surface area (Å²) < 4.78 is 0. The molecular weight excluding hydrogens is 536 g/mol. The van der Waals surface area contributed by atoms with Crippen molar-refractivity contribution < 1.29 is 29.1 Å². The number of rotatable bonds is 14. The predicted octanol–water partition coefficient (Wildman–Crippen LogP) is -0.375. The van der Waals surface area contributed by atoms with Gasteiger partial charge in [-0.15, -0.1) is 0 Å². The SMILES string of the molecule is NC(=O)CC(NC(=O)C(CS)NC(=O)C(Cc1ccccc1)NC(=O)C(N)Cc1c[nH]c2ccccc12)C(=O)O. The Bertz CT molecular complexity index is 1360. The van der Waals surface area contributed by atoms with E-state index in [4.69, 9.17) is 11.5 Å². The second kappa shape index (κ2) is 14.1. The Kier molecular flexibility index (Phi) is 10.7. The number of carboxylic acid groups (broad SMARTS) is 1. The second-order valence-electron chi connectivity index (χ2n) is 9.23. The Morgan fingerprint density at radius 1 is 0.825 bits per heavy atom. The van der Waals surface area contributed by atoms with Crippen LogP contribution in [0, 0.1) is 0 Å². The minimum Gasteiger partial charge on any atom is -0.480 e. The van der Waals surface area contributed by atoms with Gasteiger partial charge in [-0.1, -0.05) is 48.5 Å². The average molecular weight is 569 g/mol. The molecule has 1 aromatic heterocycles. The van der Waals surface area contributed by atoms with Crippen molar-refractivity contribution in [1.29, 1.82) is 0 Å². The number of aliphatic carboxylic acids is 1. The molecule has 3 rings (SSSR count). The Labute approximate surface area is 235 Å². The van der Waals surface area contributed by atoms with E-state index >= 15 is 0 Å². The molecule has 0 saturated carbocycles. The molecular formula is C27H32N6O6S. The van der Waals surface area contributed by atoms with Crippen molar-refractivity contribution in [1.82, 2.24) is 20.9 Å². The number of benzene rings is 2. The Morgan fingerprint density at radius 3 is 2.08 bits per heavy atom. The molecule has 0 saturated heterocycles. The Hall–Kier alpha value is -4.36. The van der Waals surface area contributed by atoms with E-state index in [9.17, 15) is 29.1 Å². The first kappa shape index (κ1) is 30.2. The van der Waals surface area contributed by atoms with Crippen LogP contribution >= 0.6 is 12.6 Å². The van der Waals surface area contributed by atoms with E-state index < -0.39 is 60.2 Å². The summed E-state index contributed by atoms with van der Waals surface area (Å²) in [7, 11) is 0. The Balaban J connectivity index is 1.72. The van der Waals surface area contributed by atoms with Gasteiger partial charge < -0.3 is 37.5 Å². The molecule has 9 N–H and O–H groups in total. The minimum absolute atomic E-state index is 0.0958. The summed E-state index contributed by atoms with van der Waals surface area (Å²) in [6, 6.07) is 11.6. The highest BCUT2D eigenvalue weighted by molar-refractivity contribution is 7.80. The summed E-state index contributed by atoms with van der Waals surface area (Å²) in [5, 5.41) is 17.6. The van der Waals surface area contributed by atoms with Crippen LogP contribution in [0.2, 0.25) is 0 Å². The highest BCUT2D eigenvalue weighted by Gasteiger charge is 2.30. The number of carbonyl (C=O) groups is 5. The summed E-state index contributed by atoms with van der Waals surface area (Å²) in [6.07, 6.45) is 1.46. The molecule has 212 valence electrons. The molecule has 0 fully saturated rings. The van der Waals surface area contributed by atoms with Gasteiger partial charge in [-0.25, -0.2) is 4.79 Å². The lowest BCUT2D eigenvalue weighted by molar-refractivity contribution is -0.143. The van der Waals surface area contributed by atoms with Crippen LogP contribution in [0.3, 0.4) is 0 Å². The molecule has 40 heavy (non-hydrogen) atoms. The quantitative estimate of drug-likeness (QED) is 0.121. The number of nitrogens with two attached hydrogens (primary N) is 2. The summed E-state index contributed by atoms with van der Waals surface area (Å²) in [5.74, 6) is -4.72. The average Bonchev–Trinajstić information content (AvgIpc) is 3.33. The lowest BCUT2D eigenvalue weighted by Crippen LogP contribution is -2.58. The molecule has 0 aliphatic carbocycles. The van der Waals surface area contributed by atoms with E-state index in [0.717, 1.165) is 22.0 Å². The van der Waals surface area contributed by atoms with E-state index in [1.165, 1.54) is 0 Å². The summed E-state index contributed by atoms with van der Waals surface area (Å²) in [6.45, 7) is 0. The highest BCUT2D eigenvalue weighted by Crippen LogP contribution is 2.19. The van der Waals surface area contributed by atoms with Gasteiger partial charge in [0.15, 0.2) is 0 Å². The van der Waals surface area contributed by atoms with Crippen molar-refractivity contribution in [2.24, 2.45) is 11.5 Å². The summed E-state index contributed by atoms with van der Waals surface area (Å²) >= 11 is 4.10. The van der Waals surface area contributed by atoms with Gasteiger partial charge in [-0.3, -0.25) is 19.2 Å². The zero-order valence-electron chi connectivity index (χ0n) is 21.5. The van der Waals surface area contributed by atoms with Gasteiger partial charge in [0.1, 0.15) is 18.1 Å². The number of hydrogen-bond acceptors (Lipinski definition) is 7. The number of carboxylic acids is 1. The molecule has 2 aromatic carbocycles. The summed E-state index contributed by atoms with van der Waals surface area (Å²) in [5.41, 5.74) is 13.8. The van der Waals surface area contributed by atoms with Crippen molar-refractivity contribution in [3.05, 3.63) is 71.9 Å². The fourth-order valence-electron chi connectivity index (χ4n) is 4.11. The number of aromatic amines is 1. The molecule has 0 bridgehead atoms. The van der Waals surface area contributed by atoms with E-state index in [1.54, 1.807) is 36.5 Å². The van der Waals surface area contributed by atoms with Gasteiger partial charge in [-0.05, 0) is 23.6 Å². The number of carbonyl (C=O) groups excluding carboxylic acids is 4. The highest BCUT2D eigenvalue weighted by atomic mass is 32.1. The maximum Gasteiger partial charge on any atom is 0.326 e. The van der Waals surface area contributed by atoms with Crippen LogP contribution in [0.1, 0.15) is 17.5 Å². The van der Waals surface area contributed by atoms with Crippen molar-refractivity contribution in [3.63, 3.8) is 0 Å². The lowest BCUT2D eigenvalue weighted by atomic mass is 10.0. The van der Waals surface area contributed by atoms with Gasteiger partial charge in [0.2, 0.25) is 23.6 Å². The van der Waals surface area contributed by atoms with Crippen LogP contribution in [0.25, 0.3) is 10.9 Å². The maximum absolute atomic E-state index is 13.3. The van der Waals surface area contributed by atoms with Crippen molar-refractivity contribution in [2.45, 2.75) is 43.4 Å². The second-order valence-corrected chi connectivity index (χ2v) is 9.60. The fraction of sp³-hybridized carbons (Fsp3) is 0.296. The number of fused-ring (bicyclic) bond motifs is 1. The number of thiol groups is 1. The number of para-hydroxylation sites is 1. The van der Waals surface area contributed by atoms with Crippen LogP contribution in [0.4, 0.5) is 0 Å². The molecule has 1 heterocycles. The molecule has 3 aromatic rings. The van der Waals surface area contributed by atoms with Crippen LogP contribution < -0.4 is 27.4 Å². The van der Waals surface area contributed by atoms with Crippen molar-refractivity contribution >= 4 is 53.1 Å². The van der Waals surface area contributed by atoms with Crippen LogP contribution in [-0.2, 0) is 36.8 Å². The summed E-state index contributed by atoms with van der Waals surface area (Å²) in [4.78, 5) is 64.8. The van der Waals surface area contributed by atoms with Gasteiger partial charge in [0, 0.05) is 29.3 Å². The molecule has 0 spiro atoms. The number of primary amides is 1. The van der Waals surface area contributed by atoms with Crippen LogP contribution in [0.5, 0.6) is 0 Å². The van der Waals surface area contributed by atoms with E-state index in [-0.39, 0.29) is 18.6 Å². The predicted molar refractivity (Wildman–Crippen MR) is 151 cm³/mol. The molecule has 0 radical (unpaired) electrons. The van der Waals surface area contributed by atoms with Crippen molar-refractivity contribution in [3.8, 4) is 0 Å². The van der Waals surface area contributed by atoms with E-state index in [1.807, 2.05) is 24.3 Å². The van der Waals surface area contributed by atoms with Gasteiger partial charge in [-0.2, -0.15) is 12.6 Å². The number of nitrogens with one attached hydrogen (secondary N) is 4. The van der Waals surface area contributed by atoms with Gasteiger partial charge in [0.05, 0.1) is 12.5 Å². The first-order valence-corrected chi connectivity index (χ1v) is 13.1. The molecule has 12 nitrogen and oxygen atoms in total. The largest absolute Gasteiger partial charge is 0.480 e. The van der Waals surface area contributed by atoms with Crippen LogP contribution in [0.15, 0.2) is 60.8 Å². The first-order valence-electron chi connectivity index (χ1n) is 12.5. The molecule has 4 amide bonds. The molecule has 0 aliphatic rings. The molecule has 13 heteroatoms. The molecule has 0 aliphatic heterocycles. The van der Waals surface area contributed by atoms with E-state index in [2.05, 4.69) is 33.6 Å². The number of amides is 4.